The Morgan fingerprint density at radius 2 is 2.31 bits per heavy atom. The number of nitrogens with one attached hydrogen (secondary N) is 2. The quantitative estimate of drug-likeness (QED) is 0.528. The third-order valence-electron chi connectivity index (χ3n) is 2.43. The minimum atomic E-state index is -0.158. The molecule has 0 aliphatic carbocycles. The lowest BCUT2D eigenvalue weighted by Crippen LogP contribution is -2.32. The lowest BCUT2D eigenvalue weighted by atomic mass is 10.2. The Hall–Kier alpha value is -1.62. The van der Waals surface area contributed by atoms with E-state index in [1.165, 1.54) is 6.20 Å². The third kappa shape index (κ3) is 2.93. The highest BCUT2D eigenvalue weighted by Crippen LogP contribution is 2.14. The molecule has 0 fully saturated rings. The number of amides is 1. The van der Waals surface area contributed by atoms with Gasteiger partial charge in [0.05, 0.1) is 11.3 Å². The Kier molecular flexibility index (Phi) is 4.25. The second-order valence-corrected chi connectivity index (χ2v) is 3.80. The Balaban J connectivity index is 2.90. The summed E-state index contributed by atoms with van der Waals surface area (Å²) in [6.45, 7) is 5.81. The summed E-state index contributed by atoms with van der Waals surface area (Å²) in [5.74, 6) is 5.21. The predicted octanol–water partition coefficient (Wildman–Crippen LogP) is 1.20. The normalized spacial score (nSPS) is 12.0. The average Bonchev–Trinajstić information content (AvgIpc) is 2.28. The average molecular weight is 222 g/mol. The van der Waals surface area contributed by atoms with Crippen molar-refractivity contribution in [3.63, 3.8) is 0 Å². The van der Waals surface area contributed by atoms with Gasteiger partial charge >= 0.3 is 0 Å². The summed E-state index contributed by atoms with van der Waals surface area (Å²) >= 11 is 0. The van der Waals surface area contributed by atoms with Crippen LogP contribution in [0.25, 0.3) is 0 Å². The van der Waals surface area contributed by atoms with Gasteiger partial charge in [-0.05, 0) is 26.3 Å². The molecule has 0 aliphatic rings. The van der Waals surface area contributed by atoms with E-state index < -0.39 is 0 Å². The number of aryl methyl sites for hydroxylation is 1. The van der Waals surface area contributed by atoms with Gasteiger partial charge in [-0.3, -0.25) is 15.6 Å². The summed E-state index contributed by atoms with van der Waals surface area (Å²) in [6.07, 6.45) is 2.42. The molecule has 1 rings (SSSR count). The molecule has 1 heterocycles. The van der Waals surface area contributed by atoms with Crippen molar-refractivity contribution in [2.24, 2.45) is 5.84 Å². The van der Waals surface area contributed by atoms with Crippen LogP contribution in [0.2, 0.25) is 0 Å². The van der Waals surface area contributed by atoms with Gasteiger partial charge in [0, 0.05) is 17.9 Å². The van der Waals surface area contributed by atoms with Crippen LogP contribution in [0, 0.1) is 6.92 Å². The lowest BCUT2D eigenvalue weighted by Gasteiger charge is -2.13. The number of pyridine rings is 1. The maximum atomic E-state index is 11.9. The van der Waals surface area contributed by atoms with Crippen LogP contribution >= 0.6 is 0 Å². The first-order chi connectivity index (χ1) is 7.58. The molecule has 0 bridgehead atoms. The van der Waals surface area contributed by atoms with Gasteiger partial charge in [0.1, 0.15) is 0 Å². The largest absolute Gasteiger partial charge is 0.349 e. The molecule has 1 aromatic heterocycles. The third-order valence-corrected chi connectivity index (χ3v) is 2.43. The van der Waals surface area contributed by atoms with Crippen LogP contribution in [0.1, 0.15) is 36.3 Å². The molecule has 5 heteroatoms. The first-order valence-electron chi connectivity index (χ1n) is 5.32. The number of aromatic nitrogens is 1. The molecular formula is C11H18N4O. The maximum absolute atomic E-state index is 11.9. The Bertz CT molecular complexity index is 378. The van der Waals surface area contributed by atoms with Gasteiger partial charge in [0.15, 0.2) is 0 Å². The lowest BCUT2D eigenvalue weighted by molar-refractivity contribution is 0.0939. The molecule has 0 saturated heterocycles. The van der Waals surface area contributed by atoms with E-state index >= 15 is 0 Å². The Labute approximate surface area is 95.4 Å². The first kappa shape index (κ1) is 12.4. The topological polar surface area (TPSA) is 80.0 Å². The number of nitrogens with two attached hydrogens (primary N) is 1. The van der Waals surface area contributed by atoms with Crippen LogP contribution in [-0.2, 0) is 0 Å². The van der Waals surface area contributed by atoms with Crippen molar-refractivity contribution in [1.29, 1.82) is 0 Å². The van der Waals surface area contributed by atoms with E-state index in [0.29, 0.717) is 11.3 Å². The minimum absolute atomic E-state index is 0.138. The summed E-state index contributed by atoms with van der Waals surface area (Å²) in [5, 5.41) is 2.87. The fraction of sp³-hybridized carbons (Fsp3) is 0.455. The van der Waals surface area contributed by atoms with Gasteiger partial charge in [0.2, 0.25) is 0 Å². The number of carbonyl (C=O) groups is 1. The van der Waals surface area contributed by atoms with E-state index in [1.54, 1.807) is 6.07 Å². The van der Waals surface area contributed by atoms with E-state index in [0.717, 1.165) is 12.1 Å². The molecule has 1 aromatic rings. The van der Waals surface area contributed by atoms with Crippen molar-refractivity contribution in [1.82, 2.24) is 10.3 Å². The number of hydrazine groups is 1. The monoisotopic (exact) mass is 222 g/mol. The van der Waals surface area contributed by atoms with Crippen LogP contribution in [0.15, 0.2) is 12.3 Å². The molecule has 0 spiro atoms. The highest BCUT2D eigenvalue weighted by atomic mass is 16.1. The van der Waals surface area contributed by atoms with Crippen molar-refractivity contribution in [2.75, 3.05) is 5.43 Å². The highest BCUT2D eigenvalue weighted by Gasteiger charge is 2.13. The summed E-state index contributed by atoms with van der Waals surface area (Å²) < 4.78 is 0. The molecule has 4 N–H and O–H groups in total. The van der Waals surface area contributed by atoms with Crippen LogP contribution in [-0.4, -0.2) is 16.9 Å². The molecular weight excluding hydrogens is 204 g/mol. The van der Waals surface area contributed by atoms with Gasteiger partial charge in [-0.1, -0.05) is 6.92 Å². The smallest absolute Gasteiger partial charge is 0.255 e. The number of hydrogen-bond acceptors (Lipinski definition) is 4. The van der Waals surface area contributed by atoms with Crippen molar-refractivity contribution < 1.29 is 4.79 Å². The number of nitrogen functional groups attached to an aromatic ring is 1. The number of anilines is 1. The van der Waals surface area contributed by atoms with Gasteiger partial charge in [-0.2, -0.15) is 0 Å². The van der Waals surface area contributed by atoms with Crippen molar-refractivity contribution in [2.45, 2.75) is 33.2 Å². The summed E-state index contributed by atoms with van der Waals surface area (Å²) in [5.41, 5.74) is 4.38. The molecule has 1 unspecified atom stereocenters. The van der Waals surface area contributed by atoms with Crippen LogP contribution in [0.5, 0.6) is 0 Å². The number of rotatable bonds is 4. The van der Waals surface area contributed by atoms with Crippen molar-refractivity contribution >= 4 is 11.6 Å². The number of nitrogens with zero attached hydrogens (tertiary/aromatic N) is 1. The van der Waals surface area contributed by atoms with Gasteiger partial charge < -0.3 is 10.7 Å². The molecule has 0 aliphatic heterocycles. The fourth-order valence-corrected chi connectivity index (χ4v) is 1.26. The molecule has 0 radical (unpaired) electrons. The summed E-state index contributed by atoms with van der Waals surface area (Å²) in [6, 6.07) is 1.88. The molecule has 88 valence electrons. The summed E-state index contributed by atoms with van der Waals surface area (Å²) in [7, 11) is 0. The molecule has 0 saturated carbocycles. The van der Waals surface area contributed by atoms with Gasteiger partial charge in [0.25, 0.3) is 5.91 Å². The van der Waals surface area contributed by atoms with Crippen molar-refractivity contribution in [3.05, 3.63) is 23.5 Å². The minimum Gasteiger partial charge on any atom is -0.349 e. The first-order valence-corrected chi connectivity index (χ1v) is 5.32. The standard InChI is InChI=1S/C11H18N4O/c1-4-7(2)14-11(16)9-6-13-8(3)5-10(9)15-12/h5-7H,4,12H2,1-3H3,(H,13,15)(H,14,16). The maximum Gasteiger partial charge on any atom is 0.255 e. The van der Waals surface area contributed by atoms with Crippen LogP contribution < -0.4 is 16.6 Å². The Morgan fingerprint density at radius 3 is 2.88 bits per heavy atom. The van der Waals surface area contributed by atoms with E-state index in [4.69, 9.17) is 5.84 Å². The fourth-order valence-electron chi connectivity index (χ4n) is 1.26. The van der Waals surface area contributed by atoms with Crippen LogP contribution in [0.4, 0.5) is 5.69 Å². The van der Waals surface area contributed by atoms with Gasteiger partial charge in [-0.25, -0.2) is 0 Å². The molecule has 1 atom stereocenters. The predicted molar refractivity (Wildman–Crippen MR) is 64.0 cm³/mol. The zero-order valence-corrected chi connectivity index (χ0v) is 9.87. The SMILES string of the molecule is CCC(C)NC(=O)c1cnc(C)cc1NN. The summed E-state index contributed by atoms with van der Waals surface area (Å²) in [4.78, 5) is 15.9. The zero-order chi connectivity index (χ0) is 12.1. The number of carbonyl (C=O) groups excluding carboxylic acids is 1. The molecule has 5 nitrogen and oxygen atoms in total. The van der Waals surface area contributed by atoms with E-state index in [1.807, 2.05) is 20.8 Å². The van der Waals surface area contributed by atoms with E-state index in [2.05, 4.69) is 15.7 Å². The van der Waals surface area contributed by atoms with E-state index in [9.17, 15) is 4.79 Å². The zero-order valence-electron chi connectivity index (χ0n) is 9.87. The molecule has 0 aromatic carbocycles. The van der Waals surface area contributed by atoms with Crippen LogP contribution in [0.3, 0.4) is 0 Å². The second-order valence-electron chi connectivity index (χ2n) is 3.80. The van der Waals surface area contributed by atoms with Crippen molar-refractivity contribution in [3.8, 4) is 0 Å². The Morgan fingerprint density at radius 1 is 1.62 bits per heavy atom. The van der Waals surface area contributed by atoms with E-state index in [-0.39, 0.29) is 11.9 Å². The highest BCUT2D eigenvalue weighted by molar-refractivity contribution is 5.99. The number of hydrogen-bond donors (Lipinski definition) is 3. The molecule has 16 heavy (non-hydrogen) atoms. The molecule has 1 amide bonds. The van der Waals surface area contributed by atoms with Gasteiger partial charge in [-0.15, -0.1) is 0 Å². The second kappa shape index (κ2) is 5.46.